The molecule has 1 amide bonds. The van der Waals surface area contributed by atoms with Crippen LogP contribution in [0.25, 0.3) is 0 Å². The Balaban J connectivity index is 2.20. The van der Waals surface area contributed by atoms with Crippen LogP contribution in [0.1, 0.15) is 49.6 Å². The maximum Gasteiger partial charge on any atom is 0.297 e. The van der Waals surface area contributed by atoms with Gasteiger partial charge in [0.1, 0.15) is 5.82 Å². The number of benzene rings is 1. The summed E-state index contributed by atoms with van der Waals surface area (Å²) in [4.78, 5) is 18.7. The van der Waals surface area contributed by atoms with Crippen LogP contribution in [0.2, 0.25) is 0 Å². The Morgan fingerprint density at radius 2 is 1.95 bits per heavy atom. The first-order valence-electron chi connectivity index (χ1n) is 7.54. The molecule has 1 aromatic carbocycles. The van der Waals surface area contributed by atoms with Crippen LogP contribution >= 0.6 is 0 Å². The summed E-state index contributed by atoms with van der Waals surface area (Å²) in [6, 6.07) is 9.68. The summed E-state index contributed by atoms with van der Waals surface area (Å²) in [5.74, 6) is 0.871. The Morgan fingerprint density at radius 3 is 2.62 bits per heavy atom. The number of anilines is 1. The van der Waals surface area contributed by atoms with Crippen molar-refractivity contribution in [2.24, 2.45) is 0 Å². The Labute approximate surface area is 125 Å². The summed E-state index contributed by atoms with van der Waals surface area (Å²) >= 11 is 0. The first-order valence-corrected chi connectivity index (χ1v) is 7.54. The summed E-state index contributed by atoms with van der Waals surface area (Å²) in [5.41, 5.74) is 0.887. The lowest BCUT2D eigenvalue weighted by Gasteiger charge is -2.21. The third-order valence-electron chi connectivity index (χ3n) is 3.26. The fraction of sp³-hybridized carbons (Fsp3) is 0.438. The summed E-state index contributed by atoms with van der Waals surface area (Å²) < 4.78 is 0. The van der Waals surface area contributed by atoms with E-state index in [1.807, 2.05) is 30.3 Å². The molecule has 112 valence electrons. The van der Waals surface area contributed by atoms with Crippen LogP contribution in [0.4, 0.5) is 5.69 Å². The highest BCUT2D eigenvalue weighted by Gasteiger charge is 2.21. The highest BCUT2D eigenvalue weighted by Crippen LogP contribution is 2.16. The number of nitrogens with one attached hydrogen (secondary N) is 1. The molecule has 1 N–H and O–H groups in total. The van der Waals surface area contributed by atoms with Gasteiger partial charge in [-0.15, -0.1) is 5.10 Å². The van der Waals surface area contributed by atoms with Crippen molar-refractivity contribution in [1.82, 2.24) is 15.2 Å². The second-order valence-corrected chi connectivity index (χ2v) is 5.00. The Hall–Kier alpha value is -2.17. The third kappa shape index (κ3) is 3.90. The minimum atomic E-state index is -0.145. The predicted molar refractivity (Wildman–Crippen MR) is 83.4 cm³/mol. The van der Waals surface area contributed by atoms with Gasteiger partial charge in [-0.05, 0) is 25.0 Å². The van der Waals surface area contributed by atoms with Crippen LogP contribution in [0.15, 0.2) is 30.3 Å². The lowest BCUT2D eigenvalue weighted by atomic mass is 10.2. The molecule has 0 unspecified atom stereocenters. The Morgan fingerprint density at radius 1 is 1.19 bits per heavy atom. The van der Waals surface area contributed by atoms with E-state index in [9.17, 15) is 4.79 Å². The van der Waals surface area contributed by atoms with Gasteiger partial charge in [0.25, 0.3) is 5.91 Å². The molecule has 0 fully saturated rings. The lowest BCUT2D eigenvalue weighted by molar-refractivity contribution is 0.0977. The molecule has 1 aromatic heterocycles. The maximum absolute atomic E-state index is 12.6. The SMILES string of the molecule is CCCCN(C(=O)c1n[nH]c(CCC)n1)c1ccccc1. The first kappa shape index (κ1) is 15.2. The molecule has 0 saturated carbocycles. The van der Waals surface area contributed by atoms with E-state index in [0.717, 1.165) is 37.2 Å². The number of aromatic amines is 1. The van der Waals surface area contributed by atoms with Gasteiger partial charge < -0.3 is 4.90 Å². The van der Waals surface area contributed by atoms with E-state index >= 15 is 0 Å². The van der Waals surface area contributed by atoms with Gasteiger partial charge in [0, 0.05) is 18.7 Å². The number of aryl methyl sites for hydroxylation is 1. The van der Waals surface area contributed by atoms with Crippen LogP contribution in [0.5, 0.6) is 0 Å². The number of carbonyl (C=O) groups excluding carboxylic acids is 1. The number of hydrogen-bond donors (Lipinski definition) is 1. The minimum absolute atomic E-state index is 0.145. The normalized spacial score (nSPS) is 10.6. The zero-order valence-corrected chi connectivity index (χ0v) is 12.7. The van der Waals surface area contributed by atoms with E-state index in [1.54, 1.807) is 4.90 Å². The summed E-state index contributed by atoms with van der Waals surface area (Å²) in [6.07, 6.45) is 3.76. The van der Waals surface area contributed by atoms with Gasteiger partial charge >= 0.3 is 0 Å². The second kappa shape index (κ2) is 7.57. The molecule has 0 aliphatic rings. The molecule has 0 radical (unpaired) electrons. The van der Waals surface area contributed by atoms with Crippen LogP contribution in [-0.2, 0) is 6.42 Å². The fourth-order valence-corrected chi connectivity index (χ4v) is 2.13. The molecular weight excluding hydrogens is 264 g/mol. The van der Waals surface area contributed by atoms with Crippen molar-refractivity contribution in [1.29, 1.82) is 0 Å². The molecule has 2 aromatic rings. The average molecular weight is 286 g/mol. The first-order chi connectivity index (χ1) is 10.3. The van der Waals surface area contributed by atoms with Crippen LogP contribution in [0, 0.1) is 0 Å². The van der Waals surface area contributed by atoms with Gasteiger partial charge in [0.05, 0.1) is 0 Å². The Kier molecular flexibility index (Phi) is 5.49. The van der Waals surface area contributed by atoms with Gasteiger partial charge in [-0.2, -0.15) is 0 Å². The number of aromatic nitrogens is 3. The molecular formula is C16H22N4O. The summed E-state index contributed by atoms with van der Waals surface area (Å²) in [6.45, 7) is 4.86. The molecule has 21 heavy (non-hydrogen) atoms. The van der Waals surface area contributed by atoms with Crippen molar-refractivity contribution in [3.8, 4) is 0 Å². The Bertz CT molecular complexity index is 565. The largest absolute Gasteiger partial charge is 0.306 e. The maximum atomic E-state index is 12.6. The molecule has 0 spiro atoms. The van der Waals surface area contributed by atoms with Crippen LogP contribution in [-0.4, -0.2) is 27.6 Å². The number of hydrogen-bond acceptors (Lipinski definition) is 3. The smallest absolute Gasteiger partial charge is 0.297 e. The standard InChI is InChI=1S/C16H22N4O/c1-3-5-12-20(13-10-7-6-8-11-13)16(21)15-17-14(9-4-2)18-19-15/h6-8,10-11H,3-5,9,12H2,1-2H3,(H,17,18,19). The number of carbonyl (C=O) groups is 1. The molecule has 0 aliphatic heterocycles. The predicted octanol–water partition coefficient (Wildman–Crippen LogP) is 3.20. The number of rotatable bonds is 7. The average Bonchev–Trinajstić information content (AvgIpc) is 2.97. The van der Waals surface area contributed by atoms with Crippen molar-refractivity contribution < 1.29 is 4.79 Å². The highest BCUT2D eigenvalue weighted by molar-refractivity contribution is 6.03. The van der Waals surface area contributed by atoms with E-state index in [0.29, 0.717) is 6.54 Å². The van der Waals surface area contributed by atoms with Gasteiger partial charge in [-0.3, -0.25) is 9.89 Å². The third-order valence-corrected chi connectivity index (χ3v) is 3.26. The zero-order chi connectivity index (χ0) is 15.1. The molecule has 0 saturated heterocycles. The van der Waals surface area contributed by atoms with E-state index in [2.05, 4.69) is 29.0 Å². The van der Waals surface area contributed by atoms with Crippen LogP contribution in [0.3, 0.4) is 0 Å². The zero-order valence-electron chi connectivity index (χ0n) is 12.7. The van der Waals surface area contributed by atoms with Gasteiger partial charge in [0.2, 0.25) is 5.82 Å². The van der Waals surface area contributed by atoms with E-state index in [1.165, 1.54) is 0 Å². The molecule has 2 rings (SSSR count). The number of para-hydroxylation sites is 1. The van der Waals surface area contributed by atoms with E-state index < -0.39 is 0 Å². The highest BCUT2D eigenvalue weighted by atomic mass is 16.2. The number of unbranched alkanes of at least 4 members (excludes halogenated alkanes) is 1. The molecule has 0 aliphatic carbocycles. The van der Waals surface area contributed by atoms with Gasteiger partial charge in [-0.1, -0.05) is 38.5 Å². The van der Waals surface area contributed by atoms with Crippen molar-refractivity contribution >= 4 is 11.6 Å². The topological polar surface area (TPSA) is 61.9 Å². The summed E-state index contributed by atoms with van der Waals surface area (Å²) in [5, 5.41) is 6.90. The van der Waals surface area contributed by atoms with Crippen molar-refractivity contribution in [3.05, 3.63) is 42.0 Å². The molecule has 5 heteroatoms. The number of H-pyrrole nitrogens is 1. The quantitative estimate of drug-likeness (QED) is 0.850. The monoisotopic (exact) mass is 286 g/mol. The molecule has 0 bridgehead atoms. The van der Waals surface area contributed by atoms with E-state index in [-0.39, 0.29) is 11.7 Å². The summed E-state index contributed by atoms with van der Waals surface area (Å²) in [7, 11) is 0. The minimum Gasteiger partial charge on any atom is -0.306 e. The van der Waals surface area contributed by atoms with Crippen molar-refractivity contribution in [3.63, 3.8) is 0 Å². The number of nitrogens with zero attached hydrogens (tertiary/aromatic N) is 3. The van der Waals surface area contributed by atoms with Crippen molar-refractivity contribution in [2.75, 3.05) is 11.4 Å². The molecule has 5 nitrogen and oxygen atoms in total. The van der Waals surface area contributed by atoms with Gasteiger partial charge in [-0.25, -0.2) is 4.98 Å². The van der Waals surface area contributed by atoms with E-state index in [4.69, 9.17) is 0 Å². The molecule has 0 atom stereocenters. The van der Waals surface area contributed by atoms with Gasteiger partial charge in [0.15, 0.2) is 0 Å². The second-order valence-electron chi connectivity index (χ2n) is 5.00. The van der Waals surface area contributed by atoms with Crippen molar-refractivity contribution in [2.45, 2.75) is 39.5 Å². The molecule has 1 heterocycles. The fourth-order valence-electron chi connectivity index (χ4n) is 2.13. The lowest BCUT2D eigenvalue weighted by Crippen LogP contribution is -2.32. The number of amides is 1. The van der Waals surface area contributed by atoms with Crippen LogP contribution < -0.4 is 4.90 Å².